The maximum absolute atomic E-state index is 4.70. The molecule has 6 heteroatoms. The first-order chi connectivity index (χ1) is 8.42. The van der Waals surface area contributed by atoms with Crippen LogP contribution in [-0.4, -0.2) is 20.2 Å². The Morgan fingerprint density at radius 1 is 1.24 bits per heavy atom. The fourth-order valence-corrected chi connectivity index (χ4v) is 4.02. The maximum Gasteiger partial charge on any atom is 0.184 e. The van der Waals surface area contributed by atoms with Crippen LogP contribution in [0.1, 0.15) is 9.75 Å². The van der Waals surface area contributed by atoms with Crippen LogP contribution >= 0.6 is 22.7 Å². The summed E-state index contributed by atoms with van der Waals surface area (Å²) in [4.78, 5) is 11.7. The van der Waals surface area contributed by atoms with E-state index in [2.05, 4.69) is 26.6 Å². The van der Waals surface area contributed by atoms with Gasteiger partial charge in [0.2, 0.25) is 0 Å². The fraction of sp³-hybridized carbons (Fsp3) is 0.182. The predicted octanol–water partition coefficient (Wildman–Crippen LogP) is 2.76. The van der Waals surface area contributed by atoms with E-state index in [1.54, 1.807) is 11.3 Å². The number of hydrogen-bond donors (Lipinski definition) is 1. The Hall–Kier alpha value is -1.53. The first-order valence-corrected chi connectivity index (χ1v) is 7.03. The molecule has 0 unspecified atom stereocenters. The Morgan fingerprint density at radius 2 is 2.18 bits per heavy atom. The standard InChI is InChI=1S/C11H8N4S2/c1-2-8-9(6-3-4-16-7(1)6)14-11(17-8)10-12-5-13-15-10/h3-5H,1-2H2,(H,12,13,15). The SMILES string of the molecule is c1n[nH]c(-c2nc3c(s2)CCc2sccc2-3)n1. The summed E-state index contributed by atoms with van der Waals surface area (Å²) in [7, 11) is 0. The summed E-state index contributed by atoms with van der Waals surface area (Å²) in [6.07, 6.45) is 3.75. The number of thiazole rings is 1. The van der Waals surface area contributed by atoms with E-state index < -0.39 is 0 Å². The summed E-state index contributed by atoms with van der Waals surface area (Å²) in [5.41, 5.74) is 2.45. The molecule has 0 saturated carbocycles. The average Bonchev–Trinajstić information content (AvgIpc) is 3.08. The Balaban J connectivity index is 1.90. The largest absolute Gasteiger partial charge is 0.257 e. The van der Waals surface area contributed by atoms with Crippen LogP contribution in [0.15, 0.2) is 17.8 Å². The van der Waals surface area contributed by atoms with Gasteiger partial charge < -0.3 is 0 Å². The van der Waals surface area contributed by atoms with Crippen molar-refractivity contribution in [2.75, 3.05) is 0 Å². The minimum atomic E-state index is 0.765. The average molecular weight is 260 g/mol. The molecule has 3 heterocycles. The minimum Gasteiger partial charge on any atom is -0.257 e. The number of H-pyrrole nitrogens is 1. The molecule has 1 N–H and O–H groups in total. The highest BCUT2D eigenvalue weighted by Gasteiger charge is 2.22. The van der Waals surface area contributed by atoms with Gasteiger partial charge in [-0.25, -0.2) is 9.97 Å². The van der Waals surface area contributed by atoms with Gasteiger partial charge in [-0.2, -0.15) is 5.10 Å². The van der Waals surface area contributed by atoms with Gasteiger partial charge in [0.1, 0.15) is 6.33 Å². The van der Waals surface area contributed by atoms with Gasteiger partial charge in [0.15, 0.2) is 10.8 Å². The van der Waals surface area contributed by atoms with Crippen LogP contribution in [0.2, 0.25) is 0 Å². The van der Waals surface area contributed by atoms with Gasteiger partial charge in [0.05, 0.1) is 5.69 Å². The number of aromatic amines is 1. The third kappa shape index (κ3) is 1.37. The highest BCUT2D eigenvalue weighted by molar-refractivity contribution is 7.15. The Kier molecular flexibility index (Phi) is 1.94. The molecule has 0 aliphatic heterocycles. The number of aromatic nitrogens is 4. The van der Waals surface area contributed by atoms with E-state index in [4.69, 9.17) is 4.98 Å². The highest BCUT2D eigenvalue weighted by atomic mass is 32.1. The van der Waals surface area contributed by atoms with Crippen molar-refractivity contribution in [3.8, 4) is 22.1 Å². The normalized spacial score (nSPS) is 13.4. The van der Waals surface area contributed by atoms with Crippen LogP contribution in [0.4, 0.5) is 0 Å². The predicted molar refractivity (Wildman–Crippen MR) is 68.2 cm³/mol. The second kappa shape index (κ2) is 3.48. The Bertz CT molecular complexity index is 666. The molecule has 0 fully saturated rings. The molecule has 0 amide bonds. The fourth-order valence-electron chi connectivity index (χ4n) is 2.11. The van der Waals surface area contributed by atoms with Crippen molar-refractivity contribution in [1.29, 1.82) is 0 Å². The zero-order chi connectivity index (χ0) is 11.2. The van der Waals surface area contributed by atoms with E-state index in [1.807, 2.05) is 11.3 Å². The van der Waals surface area contributed by atoms with Crippen LogP contribution in [0.5, 0.6) is 0 Å². The molecule has 1 aliphatic rings. The molecule has 3 aromatic rings. The number of nitrogens with one attached hydrogen (secondary N) is 1. The molecular weight excluding hydrogens is 252 g/mol. The number of fused-ring (bicyclic) bond motifs is 3. The van der Waals surface area contributed by atoms with Crippen molar-refractivity contribution in [1.82, 2.24) is 20.2 Å². The van der Waals surface area contributed by atoms with Crippen molar-refractivity contribution in [3.05, 3.63) is 27.5 Å². The molecule has 4 nitrogen and oxygen atoms in total. The highest BCUT2D eigenvalue weighted by Crippen LogP contribution is 2.40. The second-order valence-corrected chi connectivity index (χ2v) is 5.97. The van der Waals surface area contributed by atoms with Gasteiger partial charge in [0.25, 0.3) is 0 Å². The lowest BCUT2D eigenvalue weighted by atomic mass is 10.0. The lowest BCUT2D eigenvalue weighted by Crippen LogP contribution is -1.97. The molecule has 3 aromatic heterocycles. The molecule has 84 valence electrons. The summed E-state index contributed by atoms with van der Waals surface area (Å²) in [6, 6.07) is 2.17. The number of aryl methyl sites for hydroxylation is 2. The van der Waals surface area contributed by atoms with Gasteiger partial charge in [0, 0.05) is 15.3 Å². The molecule has 17 heavy (non-hydrogen) atoms. The molecule has 0 saturated heterocycles. The van der Waals surface area contributed by atoms with E-state index in [0.29, 0.717) is 0 Å². The van der Waals surface area contributed by atoms with Crippen LogP contribution in [0.25, 0.3) is 22.1 Å². The monoisotopic (exact) mass is 260 g/mol. The summed E-state index contributed by atoms with van der Waals surface area (Å²) in [5.74, 6) is 0.765. The molecule has 0 spiro atoms. The van der Waals surface area contributed by atoms with Gasteiger partial charge in [-0.3, -0.25) is 5.10 Å². The summed E-state index contributed by atoms with van der Waals surface area (Å²) in [6.45, 7) is 0. The maximum atomic E-state index is 4.70. The van der Waals surface area contributed by atoms with Crippen molar-refractivity contribution >= 4 is 22.7 Å². The molecular formula is C11H8N4S2. The minimum absolute atomic E-state index is 0.765. The number of nitrogens with zero attached hydrogens (tertiary/aromatic N) is 3. The molecule has 0 atom stereocenters. The first kappa shape index (κ1) is 9.49. The van der Waals surface area contributed by atoms with E-state index in [1.165, 1.54) is 21.6 Å². The lowest BCUT2D eigenvalue weighted by Gasteiger charge is -2.09. The van der Waals surface area contributed by atoms with Gasteiger partial charge in [-0.15, -0.1) is 22.7 Å². The molecule has 4 rings (SSSR count). The third-order valence-electron chi connectivity index (χ3n) is 2.89. The quantitative estimate of drug-likeness (QED) is 0.732. The van der Waals surface area contributed by atoms with E-state index >= 15 is 0 Å². The zero-order valence-corrected chi connectivity index (χ0v) is 10.4. The Morgan fingerprint density at radius 3 is 3.06 bits per heavy atom. The Labute approximate surface area is 105 Å². The van der Waals surface area contributed by atoms with Gasteiger partial charge in [-0.05, 0) is 24.3 Å². The summed E-state index contributed by atoms with van der Waals surface area (Å²) in [5, 5.41) is 9.82. The van der Waals surface area contributed by atoms with Crippen LogP contribution < -0.4 is 0 Å². The second-order valence-electron chi connectivity index (χ2n) is 3.88. The molecule has 0 aromatic carbocycles. The van der Waals surface area contributed by atoms with E-state index in [0.717, 1.165) is 29.4 Å². The molecule has 0 bridgehead atoms. The van der Waals surface area contributed by atoms with Crippen molar-refractivity contribution in [3.63, 3.8) is 0 Å². The summed E-state index contributed by atoms with van der Waals surface area (Å²) >= 11 is 3.54. The van der Waals surface area contributed by atoms with Gasteiger partial charge >= 0.3 is 0 Å². The topological polar surface area (TPSA) is 54.5 Å². The number of thiophene rings is 1. The van der Waals surface area contributed by atoms with Crippen LogP contribution in [0, 0.1) is 0 Å². The number of hydrogen-bond acceptors (Lipinski definition) is 5. The molecule has 1 aliphatic carbocycles. The van der Waals surface area contributed by atoms with Crippen molar-refractivity contribution in [2.24, 2.45) is 0 Å². The lowest BCUT2D eigenvalue weighted by molar-refractivity contribution is 0.979. The van der Waals surface area contributed by atoms with E-state index in [-0.39, 0.29) is 0 Å². The van der Waals surface area contributed by atoms with Gasteiger partial charge in [-0.1, -0.05) is 0 Å². The third-order valence-corrected chi connectivity index (χ3v) is 5.00. The molecule has 0 radical (unpaired) electrons. The smallest absolute Gasteiger partial charge is 0.184 e. The number of rotatable bonds is 1. The van der Waals surface area contributed by atoms with Crippen LogP contribution in [0.3, 0.4) is 0 Å². The van der Waals surface area contributed by atoms with Crippen molar-refractivity contribution in [2.45, 2.75) is 12.8 Å². The van der Waals surface area contributed by atoms with Crippen molar-refractivity contribution < 1.29 is 0 Å². The van der Waals surface area contributed by atoms with Crippen LogP contribution in [-0.2, 0) is 12.8 Å². The first-order valence-electron chi connectivity index (χ1n) is 5.34. The zero-order valence-electron chi connectivity index (χ0n) is 8.80. The summed E-state index contributed by atoms with van der Waals surface area (Å²) < 4.78 is 0. The van der Waals surface area contributed by atoms with E-state index in [9.17, 15) is 0 Å².